The van der Waals surface area contributed by atoms with E-state index in [9.17, 15) is 0 Å². The van der Waals surface area contributed by atoms with Gasteiger partial charge in [0.2, 0.25) is 0 Å². The van der Waals surface area contributed by atoms with E-state index in [0.29, 0.717) is 24.4 Å². The van der Waals surface area contributed by atoms with Gasteiger partial charge in [0, 0.05) is 0 Å². The molecular weight excluding hydrogens is 188 g/mol. The summed E-state index contributed by atoms with van der Waals surface area (Å²) in [6.07, 6.45) is 9.24. The molecule has 3 aliphatic rings. The van der Waals surface area contributed by atoms with E-state index in [1.165, 1.54) is 32.1 Å². The Hall–Kier alpha value is -0.0800. The third kappa shape index (κ3) is 4.52. The lowest BCUT2D eigenvalue weighted by atomic mass is 10.0. The fourth-order valence-corrected chi connectivity index (χ4v) is 2.04. The van der Waals surface area contributed by atoms with E-state index < -0.39 is 0 Å². The minimum atomic E-state index is 0.565. The van der Waals surface area contributed by atoms with E-state index in [-0.39, 0.29) is 0 Å². The molecule has 2 heteroatoms. The maximum Gasteiger partial charge on any atom is 0.0841 e. The van der Waals surface area contributed by atoms with Crippen LogP contribution in [0.15, 0.2) is 0 Å². The van der Waals surface area contributed by atoms with E-state index in [2.05, 4.69) is 13.8 Å². The highest BCUT2D eigenvalue weighted by atomic mass is 16.6. The Labute approximate surface area is 94.3 Å². The SMILES string of the molecule is C1CCC2OC2C1.CC.CCC1OC1C. The van der Waals surface area contributed by atoms with Gasteiger partial charge in [-0.1, -0.05) is 33.6 Å². The molecule has 15 heavy (non-hydrogen) atoms. The number of hydrogen-bond acceptors (Lipinski definition) is 2. The summed E-state index contributed by atoms with van der Waals surface area (Å²) >= 11 is 0. The molecule has 3 fully saturated rings. The van der Waals surface area contributed by atoms with Crippen molar-refractivity contribution in [2.75, 3.05) is 0 Å². The zero-order valence-electron chi connectivity index (χ0n) is 10.7. The fraction of sp³-hybridized carbons (Fsp3) is 1.00. The van der Waals surface area contributed by atoms with Crippen LogP contribution in [0.3, 0.4) is 0 Å². The van der Waals surface area contributed by atoms with Gasteiger partial charge in [-0.25, -0.2) is 0 Å². The van der Waals surface area contributed by atoms with Gasteiger partial charge < -0.3 is 9.47 Å². The molecule has 0 radical (unpaired) electrons. The van der Waals surface area contributed by atoms with Crippen LogP contribution >= 0.6 is 0 Å². The van der Waals surface area contributed by atoms with Crippen molar-refractivity contribution in [2.45, 2.75) is 84.2 Å². The molecule has 4 atom stereocenters. The van der Waals surface area contributed by atoms with Crippen LogP contribution in [0.25, 0.3) is 0 Å². The first kappa shape index (κ1) is 13.0. The molecule has 2 heterocycles. The lowest BCUT2D eigenvalue weighted by Gasteiger charge is -2.00. The van der Waals surface area contributed by atoms with Crippen LogP contribution in [0.2, 0.25) is 0 Å². The minimum Gasteiger partial charge on any atom is -0.370 e. The summed E-state index contributed by atoms with van der Waals surface area (Å²) in [5.41, 5.74) is 0. The molecule has 1 saturated carbocycles. The van der Waals surface area contributed by atoms with Crippen LogP contribution < -0.4 is 0 Å². The summed E-state index contributed by atoms with van der Waals surface area (Å²) in [6.45, 7) is 8.25. The van der Waals surface area contributed by atoms with E-state index >= 15 is 0 Å². The standard InChI is InChI=1S/C6H10O.C5H10O.C2H6/c1-2-4-6-5(3-1)7-6;1-3-5-4(2)6-5;1-2/h5-6H,1-4H2;4-5H,3H2,1-2H3;1-2H3. The quantitative estimate of drug-likeness (QED) is 0.624. The second-order valence-corrected chi connectivity index (χ2v) is 4.29. The first-order valence-corrected chi connectivity index (χ1v) is 6.62. The van der Waals surface area contributed by atoms with Crippen LogP contribution in [-0.2, 0) is 9.47 Å². The zero-order chi connectivity index (χ0) is 11.3. The monoisotopic (exact) mass is 214 g/mol. The largest absolute Gasteiger partial charge is 0.370 e. The Bertz CT molecular complexity index is 158. The van der Waals surface area contributed by atoms with Crippen LogP contribution in [0.1, 0.15) is 59.8 Å². The normalized spacial score (nSPS) is 40.0. The molecule has 1 aliphatic carbocycles. The Morgan fingerprint density at radius 2 is 1.47 bits per heavy atom. The molecule has 0 spiro atoms. The number of fused-ring (bicyclic) bond motifs is 1. The lowest BCUT2D eigenvalue weighted by molar-refractivity contribution is 0.373. The maximum absolute atomic E-state index is 5.28. The summed E-state index contributed by atoms with van der Waals surface area (Å²) < 4.78 is 10.3. The summed E-state index contributed by atoms with van der Waals surface area (Å²) in [7, 11) is 0. The van der Waals surface area contributed by atoms with Crippen LogP contribution in [-0.4, -0.2) is 24.4 Å². The van der Waals surface area contributed by atoms with Crippen molar-refractivity contribution in [1.29, 1.82) is 0 Å². The summed E-state index contributed by atoms with van der Waals surface area (Å²) in [6, 6.07) is 0. The molecular formula is C13H26O2. The molecule has 0 amide bonds. The lowest BCUT2D eigenvalue weighted by Crippen LogP contribution is -2.00. The minimum absolute atomic E-state index is 0.565. The molecule has 0 N–H and O–H groups in total. The Balaban J connectivity index is 0.000000131. The van der Waals surface area contributed by atoms with Crippen molar-refractivity contribution in [3.63, 3.8) is 0 Å². The van der Waals surface area contributed by atoms with Crippen molar-refractivity contribution >= 4 is 0 Å². The second-order valence-electron chi connectivity index (χ2n) is 4.29. The van der Waals surface area contributed by atoms with Crippen LogP contribution in [0.5, 0.6) is 0 Å². The van der Waals surface area contributed by atoms with Gasteiger partial charge in [0.1, 0.15) is 0 Å². The van der Waals surface area contributed by atoms with Gasteiger partial charge in [-0.2, -0.15) is 0 Å². The molecule has 2 aliphatic heterocycles. The maximum atomic E-state index is 5.28. The Morgan fingerprint density at radius 1 is 1.00 bits per heavy atom. The fourth-order valence-electron chi connectivity index (χ4n) is 2.04. The molecule has 4 unspecified atom stereocenters. The van der Waals surface area contributed by atoms with Gasteiger partial charge in [-0.15, -0.1) is 0 Å². The number of hydrogen-bond donors (Lipinski definition) is 0. The molecule has 2 nitrogen and oxygen atoms in total. The van der Waals surface area contributed by atoms with Gasteiger partial charge in [0.15, 0.2) is 0 Å². The van der Waals surface area contributed by atoms with E-state index in [0.717, 1.165) is 0 Å². The highest BCUT2D eigenvalue weighted by molar-refractivity contribution is 4.87. The van der Waals surface area contributed by atoms with Gasteiger partial charge >= 0.3 is 0 Å². The average molecular weight is 214 g/mol. The second kappa shape index (κ2) is 6.49. The average Bonchev–Trinajstić information content (AvgIpc) is 3.17. The van der Waals surface area contributed by atoms with Crippen LogP contribution in [0.4, 0.5) is 0 Å². The predicted octanol–water partition coefficient (Wildman–Crippen LogP) is 3.54. The highest BCUT2D eigenvalue weighted by Crippen LogP contribution is 2.35. The van der Waals surface area contributed by atoms with E-state index in [1.807, 2.05) is 13.8 Å². The predicted molar refractivity (Wildman–Crippen MR) is 63.1 cm³/mol. The summed E-state index contributed by atoms with van der Waals surface area (Å²) in [4.78, 5) is 0. The third-order valence-corrected chi connectivity index (χ3v) is 3.15. The van der Waals surface area contributed by atoms with Gasteiger partial charge in [-0.05, 0) is 26.2 Å². The van der Waals surface area contributed by atoms with Crippen LogP contribution in [0, 0.1) is 0 Å². The third-order valence-electron chi connectivity index (χ3n) is 3.15. The van der Waals surface area contributed by atoms with Crippen molar-refractivity contribution in [3.8, 4) is 0 Å². The van der Waals surface area contributed by atoms with Gasteiger partial charge in [0.05, 0.1) is 24.4 Å². The molecule has 0 aromatic heterocycles. The number of ether oxygens (including phenoxy) is 2. The topological polar surface area (TPSA) is 25.1 Å². The summed E-state index contributed by atoms with van der Waals surface area (Å²) in [5.74, 6) is 0. The van der Waals surface area contributed by atoms with Gasteiger partial charge in [0.25, 0.3) is 0 Å². The molecule has 3 rings (SSSR count). The number of rotatable bonds is 1. The smallest absolute Gasteiger partial charge is 0.0841 e. The molecule has 90 valence electrons. The molecule has 0 aromatic carbocycles. The Kier molecular flexibility index (Phi) is 5.62. The van der Waals surface area contributed by atoms with Crippen molar-refractivity contribution in [1.82, 2.24) is 0 Å². The zero-order valence-corrected chi connectivity index (χ0v) is 10.7. The van der Waals surface area contributed by atoms with E-state index in [4.69, 9.17) is 9.47 Å². The molecule has 0 aromatic rings. The van der Waals surface area contributed by atoms with Crippen molar-refractivity contribution in [2.24, 2.45) is 0 Å². The molecule has 2 saturated heterocycles. The first-order chi connectivity index (χ1) is 7.31. The van der Waals surface area contributed by atoms with Gasteiger partial charge in [-0.3, -0.25) is 0 Å². The van der Waals surface area contributed by atoms with Crippen molar-refractivity contribution in [3.05, 3.63) is 0 Å². The summed E-state index contributed by atoms with van der Waals surface area (Å²) in [5, 5.41) is 0. The number of epoxide rings is 2. The molecule has 0 bridgehead atoms. The van der Waals surface area contributed by atoms with Crippen molar-refractivity contribution < 1.29 is 9.47 Å². The first-order valence-electron chi connectivity index (χ1n) is 6.62. The highest BCUT2D eigenvalue weighted by Gasteiger charge is 2.39. The van der Waals surface area contributed by atoms with E-state index in [1.54, 1.807) is 0 Å². The Morgan fingerprint density at radius 3 is 1.67 bits per heavy atom.